The minimum atomic E-state index is 0.744. The zero-order chi connectivity index (χ0) is 9.80. The van der Waals surface area contributed by atoms with E-state index in [9.17, 15) is 0 Å². The average Bonchev–Trinajstić information content (AvgIpc) is 2.85. The molecule has 0 amide bonds. The summed E-state index contributed by atoms with van der Waals surface area (Å²) in [6, 6.07) is 0. The molecule has 5 heteroatoms. The molecule has 74 valence electrons. The molecule has 2 aromatic heterocycles. The minimum Gasteiger partial charge on any atom is -0.351 e. The van der Waals surface area contributed by atoms with Crippen LogP contribution in [-0.2, 0) is 13.1 Å². The molecule has 0 aliphatic rings. The molecule has 0 bridgehead atoms. The standard InChI is InChI=1S/C9H13N5/c1-2-14-4-3-10-9(14)11-5-8-6-12-13-7-8/h3-4,6-7H,2,5H2,1H3,(H,10,11)(H,12,13). The van der Waals surface area contributed by atoms with Crippen LogP contribution >= 0.6 is 0 Å². The number of hydrogen-bond donors (Lipinski definition) is 2. The highest BCUT2D eigenvalue weighted by Gasteiger charge is 2.00. The van der Waals surface area contributed by atoms with Crippen LogP contribution in [0.4, 0.5) is 5.95 Å². The number of rotatable bonds is 4. The lowest BCUT2D eigenvalue weighted by atomic mass is 10.4. The molecule has 0 spiro atoms. The van der Waals surface area contributed by atoms with Gasteiger partial charge in [-0.3, -0.25) is 5.10 Å². The molecule has 5 nitrogen and oxygen atoms in total. The van der Waals surface area contributed by atoms with Crippen LogP contribution in [0.25, 0.3) is 0 Å². The van der Waals surface area contributed by atoms with E-state index in [1.807, 2.05) is 12.4 Å². The van der Waals surface area contributed by atoms with Crippen molar-refractivity contribution in [3.63, 3.8) is 0 Å². The zero-order valence-electron chi connectivity index (χ0n) is 8.07. The molecule has 0 atom stereocenters. The number of aryl methyl sites for hydroxylation is 1. The molecule has 2 N–H and O–H groups in total. The van der Waals surface area contributed by atoms with Crippen LogP contribution in [0.3, 0.4) is 0 Å². The van der Waals surface area contributed by atoms with E-state index in [1.54, 1.807) is 12.4 Å². The van der Waals surface area contributed by atoms with E-state index in [1.165, 1.54) is 0 Å². The summed E-state index contributed by atoms with van der Waals surface area (Å²) in [6.07, 6.45) is 7.41. The van der Waals surface area contributed by atoms with Gasteiger partial charge in [-0.2, -0.15) is 5.10 Å². The van der Waals surface area contributed by atoms with E-state index in [0.29, 0.717) is 0 Å². The number of aromatic amines is 1. The summed E-state index contributed by atoms with van der Waals surface area (Å²) < 4.78 is 2.06. The maximum absolute atomic E-state index is 4.21. The van der Waals surface area contributed by atoms with Crippen molar-refractivity contribution in [2.75, 3.05) is 5.32 Å². The van der Waals surface area contributed by atoms with Crippen LogP contribution in [0.15, 0.2) is 24.8 Å². The number of aromatic nitrogens is 4. The van der Waals surface area contributed by atoms with E-state index in [4.69, 9.17) is 0 Å². The van der Waals surface area contributed by atoms with Gasteiger partial charge in [-0.15, -0.1) is 0 Å². The SMILES string of the molecule is CCn1ccnc1NCc1cn[nH]c1. The van der Waals surface area contributed by atoms with Gasteiger partial charge < -0.3 is 9.88 Å². The smallest absolute Gasteiger partial charge is 0.203 e. The van der Waals surface area contributed by atoms with Gasteiger partial charge in [-0.05, 0) is 6.92 Å². The molecule has 0 saturated carbocycles. The molecule has 14 heavy (non-hydrogen) atoms. The quantitative estimate of drug-likeness (QED) is 0.764. The van der Waals surface area contributed by atoms with Crippen molar-refractivity contribution in [3.05, 3.63) is 30.4 Å². The molecule has 2 heterocycles. The predicted octanol–water partition coefficient (Wildman–Crippen LogP) is 1.24. The lowest BCUT2D eigenvalue weighted by Gasteiger charge is -2.05. The highest BCUT2D eigenvalue weighted by molar-refractivity contribution is 5.27. The van der Waals surface area contributed by atoms with E-state index in [-0.39, 0.29) is 0 Å². The number of anilines is 1. The summed E-state index contributed by atoms with van der Waals surface area (Å²) in [4.78, 5) is 4.21. The van der Waals surface area contributed by atoms with Crippen molar-refractivity contribution >= 4 is 5.95 Å². The molecule has 2 aromatic rings. The first-order valence-corrected chi connectivity index (χ1v) is 4.63. The highest BCUT2D eigenvalue weighted by Crippen LogP contribution is 2.05. The van der Waals surface area contributed by atoms with E-state index >= 15 is 0 Å². The maximum atomic E-state index is 4.21. The van der Waals surface area contributed by atoms with Crippen molar-refractivity contribution in [2.24, 2.45) is 0 Å². The first kappa shape index (κ1) is 8.80. The fourth-order valence-electron chi connectivity index (χ4n) is 1.29. The van der Waals surface area contributed by atoms with Crippen LogP contribution in [-0.4, -0.2) is 19.7 Å². The lowest BCUT2D eigenvalue weighted by Crippen LogP contribution is -2.05. The van der Waals surface area contributed by atoms with Crippen molar-refractivity contribution in [1.82, 2.24) is 19.7 Å². The van der Waals surface area contributed by atoms with Gasteiger partial charge in [-0.1, -0.05) is 0 Å². The normalized spacial score (nSPS) is 10.4. The van der Waals surface area contributed by atoms with Gasteiger partial charge in [0.2, 0.25) is 5.95 Å². The summed E-state index contributed by atoms with van der Waals surface area (Å²) in [7, 11) is 0. The molecular formula is C9H13N5. The number of nitrogens with zero attached hydrogens (tertiary/aromatic N) is 3. The second kappa shape index (κ2) is 3.95. The zero-order valence-corrected chi connectivity index (χ0v) is 8.07. The Balaban J connectivity index is 1.98. The third-order valence-electron chi connectivity index (χ3n) is 2.06. The lowest BCUT2D eigenvalue weighted by molar-refractivity contribution is 0.763. The highest BCUT2D eigenvalue weighted by atomic mass is 15.2. The van der Waals surface area contributed by atoms with Crippen molar-refractivity contribution in [1.29, 1.82) is 0 Å². The number of imidazole rings is 1. The van der Waals surface area contributed by atoms with E-state index < -0.39 is 0 Å². The second-order valence-corrected chi connectivity index (χ2v) is 3.00. The largest absolute Gasteiger partial charge is 0.351 e. The molecule has 0 saturated heterocycles. The Morgan fingerprint density at radius 3 is 3.21 bits per heavy atom. The second-order valence-electron chi connectivity index (χ2n) is 3.00. The van der Waals surface area contributed by atoms with Gasteiger partial charge in [0.15, 0.2) is 0 Å². The van der Waals surface area contributed by atoms with Crippen LogP contribution in [0, 0.1) is 0 Å². The van der Waals surface area contributed by atoms with E-state index in [0.717, 1.165) is 24.6 Å². The van der Waals surface area contributed by atoms with Crippen molar-refractivity contribution in [3.8, 4) is 0 Å². The summed E-state index contributed by atoms with van der Waals surface area (Å²) in [5.41, 5.74) is 1.12. The van der Waals surface area contributed by atoms with Gasteiger partial charge in [0.05, 0.1) is 6.20 Å². The Morgan fingerprint density at radius 2 is 2.50 bits per heavy atom. The van der Waals surface area contributed by atoms with Crippen LogP contribution in [0.1, 0.15) is 12.5 Å². The Bertz CT molecular complexity index is 376. The van der Waals surface area contributed by atoms with Crippen LogP contribution < -0.4 is 5.32 Å². The molecule has 0 radical (unpaired) electrons. The topological polar surface area (TPSA) is 58.5 Å². The Kier molecular flexibility index (Phi) is 2.48. The third-order valence-corrected chi connectivity index (χ3v) is 2.06. The fourth-order valence-corrected chi connectivity index (χ4v) is 1.29. The van der Waals surface area contributed by atoms with E-state index in [2.05, 4.69) is 32.0 Å². The molecule has 0 aromatic carbocycles. The number of hydrogen-bond acceptors (Lipinski definition) is 3. The summed E-state index contributed by atoms with van der Waals surface area (Å²) in [5, 5.41) is 9.88. The van der Waals surface area contributed by atoms with Crippen molar-refractivity contribution in [2.45, 2.75) is 20.0 Å². The molecule has 0 aliphatic heterocycles. The molecule has 0 unspecified atom stereocenters. The summed E-state index contributed by atoms with van der Waals surface area (Å²) in [5.74, 6) is 0.897. The third kappa shape index (κ3) is 1.76. The number of H-pyrrole nitrogens is 1. The minimum absolute atomic E-state index is 0.744. The predicted molar refractivity (Wildman–Crippen MR) is 53.8 cm³/mol. The molecular weight excluding hydrogens is 178 g/mol. The fraction of sp³-hybridized carbons (Fsp3) is 0.333. The summed E-state index contributed by atoms with van der Waals surface area (Å²) >= 11 is 0. The Morgan fingerprint density at radius 1 is 1.57 bits per heavy atom. The first-order valence-electron chi connectivity index (χ1n) is 4.63. The maximum Gasteiger partial charge on any atom is 0.203 e. The Labute approximate surface area is 82.2 Å². The molecule has 0 aliphatic carbocycles. The van der Waals surface area contributed by atoms with Gasteiger partial charge in [0, 0.05) is 37.2 Å². The van der Waals surface area contributed by atoms with Crippen LogP contribution in [0.2, 0.25) is 0 Å². The monoisotopic (exact) mass is 191 g/mol. The molecule has 2 rings (SSSR count). The first-order chi connectivity index (χ1) is 6.90. The number of nitrogens with one attached hydrogen (secondary N) is 2. The van der Waals surface area contributed by atoms with Gasteiger partial charge in [0.1, 0.15) is 0 Å². The van der Waals surface area contributed by atoms with Gasteiger partial charge in [-0.25, -0.2) is 4.98 Å². The Hall–Kier alpha value is -1.78. The van der Waals surface area contributed by atoms with Crippen molar-refractivity contribution < 1.29 is 0 Å². The van der Waals surface area contributed by atoms with Gasteiger partial charge in [0.25, 0.3) is 0 Å². The average molecular weight is 191 g/mol. The summed E-state index contributed by atoms with van der Waals surface area (Å²) in [6.45, 7) is 3.76. The van der Waals surface area contributed by atoms with Crippen LogP contribution in [0.5, 0.6) is 0 Å². The van der Waals surface area contributed by atoms with Gasteiger partial charge >= 0.3 is 0 Å². The molecule has 0 fully saturated rings.